The quantitative estimate of drug-likeness (QED) is 0.251. The normalized spacial score (nSPS) is 18.3. The summed E-state index contributed by atoms with van der Waals surface area (Å²) in [5.74, 6) is 1.88. The average Bonchev–Trinajstić information content (AvgIpc) is 3.60. The number of rotatable bonds is 10. The van der Waals surface area contributed by atoms with Crippen LogP contribution in [0.25, 0.3) is 0 Å². The Balaban J connectivity index is 0.000000169. The van der Waals surface area contributed by atoms with Gasteiger partial charge in [0.15, 0.2) is 0 Å². The highest BCUT2D eigenvalue weighted by molar-refractivity contribution is 5.55. The van der Waals surface area contributed by atoms with E-state index < -0.39 is 0 Å². The predicted octanol–water partition coefficient (Wildman–Crippen LogP) is 6.74. The third-order valence-electron chi connectivity index (χ3n) is 10.4. The first kappa shape index (κ1) is 39.3. The van der Waals surface area contributed by atoms with Crippen LogP contribution in [0.4, 0.5) is 21.5 Å². The van der Waals surface area contributed by atoms with Gasteiger partial charge in [0.25, 0.3) is 0 Å². The number of hydrogen-bond acceptors (Lipinski definition) is 8. The molecular weight excluding hydrogens is 627 g/mol. The van der Waals surface area contributed by atoms with Crippen LogP contribution in [0.3, 0.4) is 0 Å². The maximum Gasteiger partial charge on any atom is 0.123 e. The minimum absolute atomic E-state index is 0.259. The molecule has 1 N–H and O–H groups in total. The van der Waals surface area contributed by atoms with E-state index in [0.29, 0.717) is 18.6 Å². The molecule has 3 aromatic carbocycles. The van der Waals surface area contributed by atoms with Crippen LogP contribution in [0, 0.1) is 20.8 Å². The molecule has 3 aromatic rings. The van der Waals surface area contributed by atoms with Crippen molar-refractivity contribution in [2.24, 2.45) is 0 Å². The second-order valence-corrected chi connectivity index (χ2v) is 14.5. The van der Waals surface area contributed by atoms with Gasteiger partial charge in [-0.05, 0) is 104 Å². The Bertz CT molecular complexity index is 1440. The Morgan fingerprint density at radius 3 is 1.78 bits per heavy atom. The maximum absolute atomic E-state index is 12.1. The molecule has 0 bridgehead atoms. The number of likely N-dealkylation sites (tertiary alicyclic amines) is 1. The van der Waals surface area contributed by atoms with Gasteiger partial charge >= 0.3 is 0 Å². The molecule has 0 spiro atoms. The number of anilines is 3. The van der Waals surface area contributed by atoms with Crippen LogP contribution < -0.4 is 24.6 Å². The summed E-state index contributed by atoms with van der Waals surface area (Å²) in [4.78, 5) is 11.7. The van der Waals surface area contributed by atoms with Crippen molar-refractivity contribution in [1.82, 2.24) is 14.7 Å². The molecule has 50 heavy (non-hydrogen) atoms. The lowest BCUT2D eigenvalue weighted by Gasteiger charge is -2.39. The summed E-state index contributed by atoms with van der Waals surface area (Å²) in [7, 11) is 12.1. The van der Waals surface area contributed by atoms with Crippen molar-refractivity contribution in [1.29, 1.82) is 0 Å². The Morgan fingerprint density at radius 1 is 0.680 bits per heavy atom. The molecule has 0 radical (unpaired) electrons. The van der Waals surface area contributed by atoms with Crippen LogP contribution in [0.2, 0.25) is 0 Å². The molecule has 9 heteroatoms. The monoisotopic (exact) mass is 690 g/mol. The van der Waals surface area contributed by atoms with Gasteiger partial charge in [0, 0.05) is 87.1 Å². The number of methoxy groups -OCH3 is 2. The van der Waals surface area contributed by atoms with E-state index in [1.165, 1.54) is 54.9 Å². The van der Waals surface area contributed by atoms with E-state index in [-0.39, 0.29) is 6.67 Å². The van der Waals surface area contributed by atoms with Gasteiger partial charge in [0.05, 0.1) is 20.3 Å². The molecule has 3 aliphatic rings. The predicted molar refractivity (Wildman–Crippen MR) is 210 cm³/mol. The van der Waals surface area contributed by atoms with Crippen molar-refractivity contribution in [2.45, 2.75) is 58.2 Å². The van der Waals surface area contributed by atoms with E-state index in [1.807, 2.05) is 19.1 Å². The largest absolute Gasteiger partial charge is 0.496 e. The number of likely N-dealkylation sites (N-methyl/N-ethyl adjacent to an activating group) is 1. The van der Waals surface area contributed by atoms with Crippen LogP contribution in [0.5, 0.6) is 11.5 Å². The number of aryl methyl sites for hydroxylation is 3. The average molecular weight is 691 g/mol. The highest BCUT2D eigenvalue weighted by atomic mass is 19.1. The van der Waals surface area contributed by atoms with Crippen molar-refractivity contribution in [2.75, 3.05) is 110 Å². The van der Waals surface area contributed by atoms with Crippen molar-refractivity contribution < 1.29 is 13.9 Å². The Morgan fingerprint density at radius 2 is 1.22 bits per heavy atom. The molecule has 3 aliphatic heterocycles. The first-order valence-corrected chi connectivity index (χ1v) is 18.2. The fraction of sp³-hybridized carbons (Fsp3) is 0.561. The zero-order chi connectivity index (χ0) is 36.2. The molecular formula is C41H63FN6O2. The Hall–Kier alpha value is -3.53. The molecule has 276 valence electrons. The Labute approximate surface area is 302 Å². The topological polar surface area (TPSA) is 46.7 Å². The number of nitrogens with zero attached hydrogens (tertiary/aromatic N) is 5. The number of benzene rings is 3. The minimum atomic E-state index is -0.259. The number of alkyl halides is 1. The highest BCUT2D eigenvalue weighted by Gasteiger charge is 2.26. The van der Waals surface area contributed by atoms with E-state index in [9.17, 15) is 4.39 Å². The molecule has 1 unspecified atom stereocenters. The second kappa shape index (κ2) is 19.2. The second-order valence-electron chi connectivity index (χ2n) is 14.5. The van der Waals surface area contributed by atoms with Gasteiger partial charge in [-0.25, -0.2) is 4.39 Å². The zero-order valence-corrected chi connectivity index (χ0v) is 32.2. The summed E-state index contributed by atoms with van der Waals surface area (Å²) in [6.45, 7) is 13.0. The smallest absolute Gasteiger partial charge is 0.123 e. The molecule has 6 rings (SSSR count). The van der Waals surface area contributed by atoms with Crippen LogP contribution in [-0.4, -0.2) is 128 Å². The Kier molecular flexibility index (Phi) is 15.1. The fourth-order valence-electron chi connectivity index (χ4n) is 6.91. The minimum Gasteiger partial charge on any atom is -0.496 e. The third-order valence-corrected chi connectivity index (χ3v) is 10.4. The molecule has 0 saturated carbocycles. The lowest BCUT2D eigenvalue weighted by Crippen LogP contribution is -2.55. The lowest BCUT2D eigenvalue weighted by molar-refractivity contribution is 0.150. The first-order valence-electron chi connectivity index (χ1n) is 18.2. The number of hydrogen-bond donors (Lipinski definition) is 1. The first-order chi connectivity index (χ1) is 24.0. The fourth-order valence-corrected chi connectivity index (χ4v) is 6.91. The van der Waals surface area contributed by atoms with Crippen LogP contribution in [-0.2, 0) is 0 Å². The van der Waals surface area contributed by atoms with Gasteiger partial charge in [-0.1, -0.05) is 29.8 Å². The molecule has 0 aliphatic carbocycles. The molecule has 1 atom stereocenters. The van der Waals surface area contributed by atoms with Crippen molar-refractivity contribution in [3.05, 3.63) is 77.4 Å². The van der Waals surface area contributed by atoms with E-state index in [0.717, 1.165) is 55.0 Å². The molecule has 3 heterocycles. The maximum atomic E-state index is 12.1. The molecule has 3 fully saturated rings. The molecule has 0 amide bonds. The lowest BCUT2D eigenvalue weighted by atomic mass is 10.0. The van der Waals surface area contributed by atoms with Crippen molar-refractivity contribution in [3.63, 3.8) is 0 Å². The standard InChI is InChI=1S/C14H22N2O.C14H22N2.C13H19FN2O/c1-11-5-6-12(9-14(11)17-4)16-8-7-13(10-16)15(2)3;1-12-4-6-14(7-5-12)16-10-8-13(9-11-16)15(2)3;1-10-3-4-11(7-13(10)17-2)15-12-8-16(9-12)6-5-14/h5-6,9,13H,7-8,10H2,1-4H3;4-7,13H,8-11H2,1-3H3;3-4,7,12,15H,5-6,8-9H2,1-2H3. The van der Waals surface area contributed by atoms with Crippen LogP contribution >= 0.6 is 0 Å². The summed E-state index contributed by atoms with van der Waals surface area (Å²) in [6.07, 6.45) is 3.80. The highest BCUT2D eigenvalue weighted by Crippen LogP contribution is 2.28. The van der Waals surface area contributed by atoms with Gasteiger partial charge in [0.1, 0.15) is 18.2 Å². The number of piperidine rings is 1. The number of nitrogens with one attached hydrogen (secondary N) is 1. The zero-order valence-electron chi connectivity index (χ0n) is 32.2. The van der Waals surface area contributed by atoms with Gasteiger partial charge in [-0.15, -0.1) is 0 Å². The number of halogens is 1. The van der Waals surface area contributed by atoms with Gasteiger partial charge in [0.2, 0.25) is 0 Å². The van der Waals surface area contributed by atoms with E-state index in [2.05, 4.69) is 120 Å². The summed E-state index contributed by atoms with van der Waals surface area (Å²) < 4.78 is 22.7. The van der Waals surface area contributed by atoms with Gasteiger partial charge in [-0.3, -0.25) is 4.90 Å². The molecule has 3 saturated heterocycles. The molecule has 0 aromatic heterocycles. The summed E-state index contributed by atoms with van der Waals surface area (Å²) in [5, 5.41) is 3.42. The SMILES string of the molecule is COc1cc(N2CCC(N(C)C)C2)ccc1C.COc1cc(NC2CN(CCF)C2)ccc1C.Cc1ccc(N2CCC(N(C)C)CC2)cc1. The van der Waals surface area contributed by atoms with E-state index in [4.69, 9.17) is 9.47 Å². The van der Waals surface area contributed by atoms with Gasteiger partial charge < -0.3 is 34.4 Å². The number of ether oxygens (including phenoxy) is 2. The van der Waals surface area contributed by atoms with E-state index in [1.54, 1.807) is 14.2 Å². The summed E-state index contributed by atoms with van der Waals surface area (Å²) in [6, 6.07) is 23.3. The van der Waals surface area contributed by atoms with Gasteiger partial charge in [-0.2, -0.15) is 0 Å². The summed E-state index contributed by atoms with van der Waals surface area (Å²) in [5.41, 5.74) is 7.38. The van der Waals surface area contributed by atoms with Crippen LogP contribution in [0.15, 0.2) is 60.7 Å². The third kappa shape index (κ3) is 11.2. The van der Waals surface area contributed by atoms with E-state index >= 15 is 0 Å². The van der Waals surface area contributed by atoms with Crippen molar-refractivity contribution in [3.8, 4) is 11.5 Å². The van der Waals surface area contributed by atoms with Crippen molar-refractivity contribution >= 4 is 17.1 Å². The summed E-state index contributed by atoms with van der Waals surface area (Å²) >= 11 is 0. The van der Waals surface area contributed by atoms with Crippen LogP contribution in [0.1, 0.15) is 36.0 Å². The molecule has 8 nitrogen and oxygen atoms in total.